The lowest BCUT2D eigenvalue weighted by Gasteiger charge is -2.22. The van der Waals surface area contributed by atoms with Gasteiger partial charge in [-0.05, 0) is 54.8 Å². The molecular formula is C18H24N2S. The molecule has 1 heterocycles. The van der Waals surface area contributed by atoms with Gasteiger partial charge in [0.05, 0.1) is 0 Å². The minimum absolute atomic E-state index is 0.776. The highest BCUT2D eigenvalue weighted by atomic mass is 32.1. The average molecular weight is 300 g/mol. The molecule has 1 aliphatic carbocycles. The van der Waals surface area contributed by atoms with Crippen molar-refractivity contribution in [2.75, 3.05) is 18.5 Å². The van der Waals surface area contributed by atoms with E-state index in [1.807, 2.05) is 11.3 Å². The van der Waals surface area contributed by atoms with Crippen LogP contribution in [0.2, 0.25) is 0 Å². The topological polar surface area (TPSA) is 15.3 Å². The number of rotatable bonds is 7. The SMILES string of the molecule is Cc1cc(CNC2CC2)ccc1N(C)CCc1cccs1. The van der Waals surface area contributed by atoms with E-state index in [9.17, 15) is 0 Å². The van der Waals surface area contributed by atoms with E-state index < -0.39 is 0 Å². The van der Waals surface area contributed by atoms with Gasteiger partial charge < -0.3 is 10.2 Å². The Balaban J connectivity index is 1.58. The van der Waals surface area contributed by atoms with Gasteiger partial charge in [0.15, 0.2) is 0 Å². The van der Waals surface area contributed by atoms with E-state index >= 15 is 0 Å². The summed E-state index contributed by atoms with van der Waals surface area (Å²) in [7, 11) is 2.19. The Morgan fingerprint density at radius 2 is 2.14 bits per heavy atom. The summed E-state index contributed by atoms with van der Waals surface area (Å²) in [6, 6.07) is 12.0. The molecule has 0 bridgehead atoms. The summed E-state index contributed by atoms with van der Waals surface area (Å²) in [5.74, 6) is 0. The zero-order valence-electron chi connectivity index (χ0n) is 12.9. The first-order valence-corrected chi connectivity index (χ1v) is 8.67. The highest BCUT2D eigenvalue weighted by Gasteiger charge is 2.20. The molecule has 2 nitrogen and oxygen atoms in total. The Hall–Kier alpha value is -1.32. The van der Waals surface area contributed by atoms with E-state index in [0.29, 0.717) is 0 Å². The van der Waals surface area contributed by atoms with Crippen molar-refractivity contribution < 1.29 is 0 Å². The smallest absolute Gasteiger partial charge is 0.0393 e. The largest absolute Gasteiger partial charge is 0.374 e. The van der Waals surface area contributed by atoms with Crippen LogP contribution in [0.25, 0.3) is 0 Å². The van der Waals surface area contributed by atoms with Crippen molar-refractivity contribution in [3.8, 4) is 0 Å². The molecule has 112 valence electrons. The van der Waals surface area contributed by atoms with E-state index in [2.05, 4.69) is 59.9 Å². The second kappa shape index (κ2) is 6.63. The lowest BCUT2D eigenvalue weighted by Crippen LogP contribution is -2.21. The second-order valence-electron chi connectivity index (χ2n) is 6.03. The van der Waals surface area contributed by atoms with Gasteiger partial charge in [-0.2, -0.15) is 0 Å². The molecule has 0 radical (unpaired) electrons. The number of likely N-dealkylation sites (N-methyl/N-ethyl adjacent to an activating group) is 1. The fraction of sp³-hybridized carbons (Fsp3) is 0.444. The molecule has 3 heteroatoms. The first-order chi connectivity index (χ1) is 10.2. The molecule has 1 aromatic heterocycles. The minimum Gasteiger partial charge on any atom is -0.374 e. The van der Waals surface area contributed by atoms with Crippen molar-refractivity contribution in [1.29, 1.82) is 0 Å². The number of hydrogen-bond donors (Lipinski definition) is 1. The third-order valence-corrected chi connectivity index (χ3v) is 5.05. The van der Waals surface area contributed by atoms with Crippen LogP contribution in [0, 0.1) is 6.92 Å². The van der Waals surface area contributed by atoms with Gasteiger partial charge in [0.2, 0.25) is 0 Å². The van der Waals surface area contributed by atoms with E-state index in [-0.39, 0.29) is 0 Å². The van der Waals surface area contributed by atoms with Crippen molar-refractivity contribution in [2.24, 2.45) is 0 Å². The Morgan fingerprint density at radius 3 is 2.81 bits per heavy atom. The van der Waals surface area contributed by atoms with E-state index in [4.69, 9.17) is 0 Å². The quantitative estimate of drug-likeness (QED) is 0.832. The summed E-state index contributed by atoms with van der Waals surface area (Å²) < 4.78 is 0. The van der Waals surface area contributed by atoms with E-state index in [1.165, 1.54) is 34.5 Å². The zero-order valence-corrected chi connectivity index (χ0v) is 13.7. The lowest BCUT2D eigenvalue weighted by atomic mass is 10.1. The second-order valence-corrected chi connectivity index (χ2v) is 7.06. The predicted molar refractivity (Wildman–Crippen MR) is 92.3 cm³/mol. The van der Waals surface area contributed by atoms with Gasteiger partial charge in [0.1, 0.15) is 0 Å². The molecule has 1 fully saturated rings. The van der Waals surface area contributed by atoms with Crippen LogP contribution >= 0.6 is 11.3 Å². The molecular weight excluding hydrogens is 276 g/mol. The van der Waals surface area contributed by atoms with Gasteiger partial charge in [-0.15, -0.1) is 11.3 Å². The molecule has 1 saturated carbocycles. The minimum atomic E-state index is 0.776. The monoisotopic (exact) mass is 300 g/mol. The maximum absolute atomic E-state index is 3.58. The fourth-order valence-electron chi connectivity index (χ4n) is 2.66. The highest BCUT2D eigenvalue weighted by Crippen LogP contribution is 2.23. The Labute approximate surface area is 131 Å². The van der Waals surface area contributed by atoms with Crippen molar-refractivity contribution in [2.45, 2.75) is 38.8 Å². The number of hydrogen-bond acceptors (Lipinski definition) is 3. The van der Waals surface area contributed by atoms with Gasteiger partial charge in [0.25, 0.3) is 0 Å². The normalized spacial score (nSPS) is 14.4. The third kappa shape index (κ3) is 4.08. The molecule has 0 unspecified atom stereocenters. The van der Waals surface area contributed by atoms with E-state index in [0.717, 1.165) is 25.6 Å². The molecule has 2 aromatic rings. The number of benzene rings is 1. The van der Waals surface area contributed by atoms with Crippen molar-refractivity contribution in [3.05, 3.63) is 51.7 Å². The van der Waals surface area contributed by atoms with Crippen LogP contribution in [0.3, 0.4) is 0 Å². The standard InChI is InChI=1S/C18H24N2S/c1-14-12-15(13-19-16-6-7-16)5-8-18(14)20(2)10-9-17-4-3-11-21-17/h3-5,8,11-12,16,19H,6-7,9-10,13H2,1-2H3. The summed E-state index contributed by atoms with van der Waals surface area (Å²) in [6.07, 6.45) is 3.82. The fourth-order valence-corrected chi connectivity index (χ4v) is 3.36. The van der Waals surface area contributed by atoms with Crippen molar-refractivity contribution in [1.82, 2.24) is 5.32 Å². The van der Waals surface area contributed by atoms with Gasteiger partial charge in [-0.25, -0.2) is 0 Å². The summed E-state index contributed by atoms with van der Waals surface area (Å²) in [6.45, 7) is 4.29. The highest BCUT2D eigenvalue weighted by molar-refractivity contribution is 7.09. The third-order valence-electron chi connectivity index (χ3n) is 4.12. The van der Waals surface area contributed by atoms with Crippen LogP contribution in [0.1, 0.15) is 28.8 Å². The van der Waals surface area contributed by atoms with Crippen LogP contribution in [0.15, 0.2) is 35.7 Å². The molecule has 0 saturated heterocycles. The van der Waals surface area contributed by atoms with Gasteiger partial charge >= 0.3 is 0 Å². The molecule has 1 aliphatic rings. The molecule has 1 aromatic carbocycles. The average Bonchev–Trinajstić information content (AvgIpc) is 3.16. The first kappa shape index (κ1) is 14.6. The van der Waals surface area contributed by atoms with Crippen molar-refractivity contribution >= 4 is 17.0 Å². The maximum Gasteiger partial charge on any atom is 0.0393 e. The summed E-state index contributed by atoms with van der Waals surface area (Å²) in [4.78, 5) is 3.83. The molecule has 21 heavy (non-hydrogen) atoms. The molecule has 0 amide bonds. The van der Waals surface area contributed by atoms with Crippen molar-refractivity contribution in [3.63, 3.8) is 0 Å². The predicted octanol–water partition coefficient (Wildman–Crippen LogP) is 3.99. The summed E-state index contributed by atoms with van der Waals surface area (Å²) >= 11 is 1.85. The Kier molecular flexibility index (Phi) is 4.61. The molecule has 0 spiro atoms. The Morgan fingerprint density at radius 1 is 1.29 bits per heavy atom. The number of nitrogens with one attached hydrogen (secondary N) is 1. The van der Waals surface area contributed by atoms with Crippen LogP contribution in [-0.2, 0) is 13.0 Å². The number of thiophene rings is 1. The van der Waals surface area contributed by atoms with Crippen LogP contribution < -0.4 is 10.2 Å². The number of anilines is 1. The van der Waals surface area contributed by atoms with Crippen LogP contribution in [-0.4, -0.2) is 19.6 Å². The first-order valence-electron chi connectivity index (χ1n) is 7.79. The summed E-state index contributed by atoms with van der Waals surface area (Å²) in [5.41, 5.74) is 4.12. The zero-order chi connectivity index (χ0) is 14.7. The van der Waals surface area contributed by atoms with Gasteiger partial charge in [0, 0.05) is 36.7 Å². The lowest BCUT2D eigenvalue weighted by molar-refractivity contribution is 0.687. The Bertz CT molecular complexity index is 573. The van der Waals surface area contributed by atoms with Crippen LogP contribution in [0.4, 0.5) is 5.69 Å². The van der Waals surface area contributed by atoms with Gasteiger partial charge in [-0.3, -0.25) is 0 Å². The summed E-state index contributed by atoms with van der Waals surface area (Å²) in [5, 5.41) is 5.74. The van der Waals surface area contributed by atoms with Crippen LogP contribution in [0.5, 0.6) is 0 Å². The van der Waals surface area contributed by atoms with E-state index in [1.54, 1.807) is 0 Å². The number of nitrogens with zero attached hydrogens (tertiary/aromatic N) is 1. The maximum atomic E-state index is 3.58. The molecule has 0 aliphatic heterocycles. The molecule has 1 N–H and O–H groups in total. The number of aryl methyl sites for hydroxylation is 1. The van der Waals surface area contributed by atoms with Gasteiger partial charge in [-0.1, -0.05) is 18.2 Å². The molecule has 0 atom stereocenters. The molecule has 3 rings (SSSR count).